The lowest BCUT2D eigenvalue weighted by atomic mass is 10.2. The zero-order chi connectivity index (χ0) is 18.8. The van der Waals surface area contributed by atoms with Crippen molar-refractivity contribution >= 4 is 23.6 Å². The van der Waals surface area contributed by atoms with Crippen molar-refractivity contribution in [2.75, 3.05) is 58.7 Å². The van der Waals surface area contributed by atoms with E-state index >= 15 is 0 Å². The minimum atomic E-state index is 0.0243. The van der Waals surface area contributed by atoms with Gasteiger partial charge >= 0.3 is 0 Å². The molecule has 2 rings (SSSR count). The second-order valence-corrected chi connectivity index (χ2v) is 7.36. The van der Waals surface area contributed by atoms with Gasteiger partial charge in [-0.15, -0.1) is 11.8 Å². The van der Waals surface area contributed by atoms with Crippen LogP contribution in [-0.4, -0.2) is 85.3 Å². The monoisotopic (exact) mass is 380 g/mol. The number of carbonyl (C=O) groups excluding carboxylic acids is 2. The molecule has 0 unspecified atom stereocenters. The number of hydrogen-bond acceptors (Lipinski definition) is 6. The summed E-state index contributed by atoms with van der Waals surface area (Å²) in [5, 5.41) is 3.77. The second-order valence-electron chi connectivity index (χ2n) is 6.08. The quantitative estimate of drug-likeness (QED) is 0.511. The molecule has 1 aromatic rings. The summed E-state index contributed by atoms with van der Waals surface area (Å²) < 4.78 is 4.96. The standard InChI is InChI=1S/C18H28N4O3S/c1-3-26-17-13-15(5-7-20-17)18(24)22-10-8-21(9-11-22)14-16(23)19-6-4-12-25-2/h5,7,13H,3-4,6,8-12,14H2,1-2H3,(H,19,23). The van der Waals surface area contributed by atoms with Gasteiger partial charge in [-0.3, -0.25) is 14.5 Å². The normalized spacial score (nSPS) is 15.1. The van der Waals surface area contributed by atoms with Gasteiger partial charge in [0.25, 0.3) is 5.91 Å². The Balaban J connectivity index is 1.76. The summed E-state index contributed by atoms with van der Waals surface area (Å²) in [6.45, 7) is 6.40. The van der Waals surface area contributed by atoms with Gasteiger partial charge in [0.05, 0.1) is 11.6 Å². The molecule has 8 heteroatoms. The molecule has 0 radical (unpaired) electrons. The number of thioether (sulfide) groups is 1. The van der Waals surface area contributed by atoms with Gasteiger partial charge in [0, 0.05) is 58.2 Å². The third-order valence-corrected chi connectivity index (χ3v) is 4.96. The highest BCUT2D eigenvalue weighted by Crippen LogP contribution is 2.17. The van der Waals surface area contributed by atoms with Crippen LogP contribution in [0.2, 0.25) is 0 Å². The molecule has 1 aliphatic rings. The second kappa shape index (κ2) is 11.2. The van der Waals surface area contributed by atoms with Gasteiger partial charge in [0.15, 0.2) is 0 Å². The highest BCUT2D eigenvalue weighted by atomic mass is 32.2. The summed E-state index contributed by atoms with van der Waals surface area (Å²) in [5.41, 5.74) is 0.681. The summed E-state index contributed by atoms with van der Waals surface area (Å²) >= 11 is 1.63. The van der Waals surface area contributed by atoms with Crippen LogP contribution in [0.4, 0.5) is 0 Å². The van der Waals surface area contributed by atoms with E-state index in [1.165, 1.54) is 0 Å². The van der Waals surface area contributed by atoms with Crippen LogP contribution < -0.4 is 5.32 Å². The predicted octanol–water partition coefficient (Wildman–Crippen LogP) is 1.10. The van der Waals surface area contributed by atoms with Gasteiger partial charge in [0.2, 0.25) is 5.91 Å². The van der Waals surface area contributed by atoms with Gasteiger partial charge in [-0.25, -0.2) is 4.98 Å². The van der Waals surface area contributed by atoms with Gasteiger partial charge in [0.1, 0.15) is 0 Å². The first kappa shape index (κ1) is 20.7. The molecule has 0 bridgehead atoms. The molecule has 0 aliphatic carbocycles. The zero-order valence-corrected chi connectivity index (χ0v) is 16.4. The van der Waals surface area contributed by atoms with Crippen LogP contribution in [0, 0.1) is 0 Å². The van der Waals surface area contributed by atoms with E-state index in [1.807, 2.05) is 11.0 Å². The van der Waals surface area contributed by atoms with Crippen molar-refractivity contribution in [1.82, 2.24) is 20.1 Å². The van der Waals surface area contributed by atoms with E-state index in [0.717, 1.165) is 17.2 Å². The molecule has 2 amide bonds. The van der Waals surface area contributed by atoms with Crippen LogP contribution in [0.5, 0.6) is 0 Å². The molecule has 1 N–H and O–H groups in total. The molecule has 1 fully saturated rings. The van der Waals surface area contributed by atoms with E-state index in [1.54, 1.807) is 31.1 Å². The number of amides is 2. The predicted molar refractivity (Wildman–Crippen MR) is 102 cm³/mol. The average molecular weight is 381 g/mol. The Hall–Kier alpha value is -1.64. The SMILES string of the molecule is CCSc1cc(C(=O)N2CCN(CC(=O)NCCCOC)CC2)ccn1. The molecule has 1 saturated heterocycles. The largest absolute Gasteiger partial charge is 0.385 e. The highest BCUT2D eigenvalue weighted by molar-refractivity contribution is 7.99. The molecule has 0 saturated carbocycles. The summed E-state index contributed by atoms with van der Waals surface area (Å²) in [4.78, 5) is 32.8. The molecule has 144 valence electrons. The maximum Gasteiger partial charge on any atom is 0.254 e. The van der Waals surface area contributed by atoms with Crippen molar-refractivity contribution in [2.45, 2.75) is 18.4 Å². The van der Waals surface area contributed by atoms with Crippen molar-refractivity contribution in [1.29, 1.82) is 0 Å². The fourth-order valence-corrected chi connectivity index (χ4v) is 3.41. The molecular formula is C18H28N4O3S. The lowest BCUT2D eigenvalue weighted by molar-refractivity contribution is -0.122. The van der Waals surface area contributed by atoms with Gasteiger partial charge in [-0.05, 0) is 24.3 Å². The average Bonchev–Trinajstić information content (AvgIpc) is 2.66. The molecule has 0 spiro atoms. The van der Waals surface area contributed by atoms with Crippen molar-refractivity contribution in [3.05, 3.63) is 23.9 Å². The van der Waals surface area contributed by atoms with Crippen molar-refractivity contribution < 1.29 is 14.3 Å². The Morgan fingerprint density at radius 1 is 1.31 bits per heavy atom. The summed E-state index contributed by atoms with van der Waals surface area (Å²) in [6, 6.07) is 3.62. The highest BCUT2D eigenvalue weighted by Gasteiger charge is 2.23. The van der Waals surface area contributed by atoms with E-state index in [0.29, 0.717) is 51.4 Å². The van der Waals surface area contributed by atoms with E-state index < -0.39 is 0 Å². The Kier molecular flexibility index (Phi) is 8.87. The van der Waals surface area contributed by atoms with Gasteiger partial charge < -0.3 is 15.0 Å². The van der Waals surface area contributed by atoms with Gasteiger partial charge in [-0.2, -0.15) is 0 Å². The number of ether oxygens (including phenoxy) is 1. The third-order valence-electron chi connectivity index (χ3n) is 4.15. The maximum atomic E-state index is 12.7. The van der Waals surface area contributed by atoms with Crippen LogP contribution in [0.25, 0.3) is 0 Å². The number of aromatic nitrogens is 1. The van der Waals surface area contributed by atoms with Crippen LogP contribution in [0.15, 0.2) is 23.4 Å². The summed E-state index contributed by atoms with van der Waals surface area (Å²) in [7, 11) is 1.65. The number of rotatable bonds is 9. The Labute approximate surface area is 159 Å². The number of piperazine rings is 1. The first-order chi connectivity index (χ1) is 12.6. The van der Waals surface area contributed by atoms with Crippen LogP contribution >= 0.6 is 11.8 Å². The number of carbonyl (C=O) groups is 2. The molecule has 2 heterocycles. The molecule has 7 nitrogen and oxygen atoms in total. The van der Waals surface area contributed by atoms with Crippen LogP contribution in [-0.2, 0) is 9.53 Å². The van der Waals surface area contributed by atoms with Crippen LogP contribution in [0.3, 0.4) is 0 Å². The smallest absolute Gasteiger partial charge is 0.254 e. The molecular weight excluding hydrogens is 352 g/mol. The number of pyridine rings is 1. The maximum absolute atomic E-state index is 12.7. The molecule has 26 heavy (non-hydrogen) atoms. The Morgan fingerprint density at radius 2 is 2.08 bits per heavy atom. The summed E-state index contributed by atoms with van der Waals surface area (Å²) in [5.74, 6) is 0.988. The number of methoxy groups -OCH3 is 1. The lowest BCUT2D eigenvalue weighted by Crippen LogP contribution is -2.51. The molecule has 1 aliphatic heterocycles. The third kappa shape index (κ3) is 6.59. The van der Waals surface area contributed by atoms with E-state index in [-0.39, 0.29) is 11.8 Å². The molecule has 0 atom stereocenters. The summed E-state index contributed by atoms with van der Waals surface area (Å²) in [6.07, 6.45) is 2.50. The number of nitrogens with one attached hydrogen (secondary N) is 1. The first-order valence-electron chi connectivity index (χ1n) is 9.00. The lowest BCUT2D eigenvalue weighted by Gasteiger charge is -2.34. The first-order valence-corrected chi connectivity index (χ1v) is 9.98. The Bertz CT molecular complexity index is 592. The molecule has 0 aromatic carbocycles. The van der Waals surface area contributed by atoms with E-state index in [9.17, 15) is 9.59 Å². The fourth-order valence-electron chi connectivity index (χ4n) is 2.76. The fraction of sp³-hybridized carbons (Fsp3) is 0.611. The zero-order valence-electron chi connectivity index (χ0n) is 15.6. The van der Waals surface area contributed by atoms with E-state index in [4.69, 9.17) is 4.74 Å². The van der Waals surface area contributed by atoms with Crippen LogP contribution in [0.1, 0.15) is 23.7 Å². The number of nitrogens with zero attached hydrogens (tertiary/aromatic N) is 3. The van der Waals surface area contributed by atoms with Crippen molar-refractivity contribution in [3.8, 4) is 0 Å². The van der Waals surface area contributed by atoms with Crippen molar-refractivity contribution in [2.24, 2.45) is 0 Å². The minimum Gasteiger partial charge on any atom is -0.385 e. The minimum absolute atomic E-state index is 0.0243. The van der Waals surface area contributed by atoms with Gasteiger partial charge in [-0.1, -0.05) is 6.92 Å². The van der Waals surface area contributed by atoms with E-state index in [2.05, 4.69) is 22.1 Å². The molecule has 1 aromatic heterocycles. The Morgan fingerprint density at radius 3 is 2.77 bits per heavy atom. The van der Waals surface area contributed by atoms with Crippen molar-refractivity contribution in [3.63, 3.8) is 0 Å². The number of hydrogen-bond donors (Lipinski definition) is 1. The topological polar surface area (TPSA) is 74.8 Å².